The van der Waals surface area contributed by atoms with Gasteiger partial charge >= 0.3 is 0 Å². The number of rotatable bonds is 6. The number of aliphatic hydroxyl groups is 1. The molecule has 1 aliphatic rings. The minimum Gasteiger partial charge on any atom is -0.507 e. The van der Waals surface area contributed by atoms with Crippen molar-refractivity contribution in [1.82, 2.24) is 5.32 Å². The number of anilines is 1. The number of phenols is 1. The molecular weight excluding hydrogens is 412 g/mol. The first kappa shape index (κ1) is 23.4. The van der Waals surface area contributed by atoms with Gasteiger partial charge in [0, 0.05) is 17.7 Å². The van der Waals surface area contributed by atoms with Crippen LogP contribution in [0.15, 0.2) is 24.3 Å². The number of amides is 2. The van der Waals surface area contributed by atoms with Crippen LogP contribution in [-0.4, -0.2) is 47.4 Å². The number of carbonyl (C=O) groups is 2. The fraction of sp³-hybridized carbons (Fsp3) is 0.417. The third-order valence-corrected chi connectivity index (χ3v) is 6.16. The third kappa shape index (κ3) is 4.36. The first-order valence-electron chi connectivity index (χ1n) is 10.5. The second-order valence-electron chi connectivity index (χ2n) is 8.29. The lowest BCUT2D eigenvalue weighted by Gasteiger charge is -2.37. The number of ether oxygens (including phenoxy) is 2. The summed E-state index contributed by atoms with van der Waals surface area (Å²) < 4.78 is 11.2. The van der Waals surface area contributed by atoms with Crippen molar-refractivity contribution in [3.63, 3.8) is 0 Å². The van der Waals surface area contributed by atoms with Crippen LogP contribution in [0.25, 0.3) is 0 Å². The Morgan fingerprint density at radius 3 is 2.41 bits per heavy atom. The number of aliphatic hydroxyl groups excluding tert-OH is 1. The van der Waals surface area contributed by atoms with E-state index in [0.717, 1.165) is 16.7 Å². The van der Waals surface area contributed by atoms with Crippen molar-refractivity contribution < 1.29 is 29.3 Å². The van der Waals surface area contributed by atoms with Crippen molar-refractivity contribution in [3.8, 4) is 17.2 Å². The van der Waals surface area contributed by atoms with Gasteiger partial charge in [-0.1, -0.05) is 0 Å². The second kappa shape index (κ2) is 9.08. The van der Waals surface area contributed by atoms with E-state index in [1.807, 2.05) is 13.8 Å². The van der Waals surface area contributed by atoms with Gasteiger partial charge in [-0.2, -0.15) is 0 Å². The van der Waals surface area contributed by atoms with E-state index in [0.29, 0.717) is 35.6 Å². The van der Waals surface area contributed by atoms with Gasteiger partial charge in [-0.3, -0.25) is 9.59 Å². The van der Waals surface area contributed by atoms with Crippen LogP contribution in [-0.2, 0) is 16.0 Å². The summed E-state index contributed by atoms with van der Waals surface area (Å²) in [7, 11) is 1.55. The molecule has 32 heavy (non-hydrogen) atoms. The minimum atomic E-state index is -1.22. The first-order chi connectivity index (χ1) is 15.1. The molecular formula is C24H30N2O6. The van der Waals surface area contributed by atoms with E-state index in [9.17, 15) is 19.8 Å². The van der Waals surface area contributed by atoms with Crippen LogP contribution >= 0.6 is 0 Å². The molecule has 0 aliphatic carbocycles. The number of benzene rings is 2. The molecule has 4 N–H and O–H groups in total. The molecule has 1 unspecified atom stereocenters. The minimum absolute atomic E-state index is 0.244. The molecule has 0 saturated carbocycles. The summed E-state index contributed by atoms with van der Waals surface area (Å²) >= 11 is 0. The van der Waals surface area contributed by atoms with Gasteiger partial charge in [0.2, 0.25) is 5.91 Å². The number of phenolic OH excluding ortho intramolecular Hbond substituents is 1. The van der Waals surface area contributed by atoms with E-state index < -0.39 is 30.1 Å². The van der Waals surface area contributed by atoms with Crippen LogP contribution in [0.3, 0.4) is 0 Å². The molecule has 172 valence electrons. The smallest absolute Gasteiger partial charge is 0.264 e. The van der Waals surface area contributed by atoms with Gasteiger partial charge in [0.1, 0.15) is 23.3 Å². The number of methoxy groups -OCH3 is 1. The van der Waals surface area contributed by atoms with Crippen LogP contribution in [0.4, 0.5) is 5.69 Å². The van der Waals surface area contributed by atoms with E-state index in [-0.39, 0.29) is 5.75 Å². The maximum Gasteiger partial charge on any atom is 0.264 e. The van der Waals surface area contributed by atoms with Gasteiger partial charge in [0.15, 0.2) is 5.60 Å². The Kier molecular flexibility index (Phi) is 6.64. The van der Waals surface area contributed by atoms with Gasteiger partial charge in [-0.15, -0.1) is 0 Å². The Balaban J connectivity index is 1.74. The summed E-state index contributed by atoms with van der Waals surface area (Å²) in [6.07, 6.45) is 0.911. The largest absolute Gasteiger partial charge is 0.507 e. The van der Waals surface area contributed by atoms with Crippen LogP contribution in [0.1, 0.15) is 35.6 Å². The molecule has 8 nitrogen and oxygen atoms in total. The summed E-state index contributed by atoms with van der Waals surface area (Å²) in [6, 6.07) is 5.58. The highest BCUT2D eigenvalue weighted by Crippen LogP contribution is 2.43. The molecule has 8 heteroatoms. The molecule has 0 fully saturated rings. The predicted molar refractivity (Wildman–Crippen MR) is 120 cm³/mol. The first-order valence-corrected chi connectivity index (χ1v) is 10.5. The number of aromatic hydroxyl groups is 1. The molecule has 2 aromatic rings. The Hall–Kier alpha value is -3.26. The number of hydrogen-bond acceptors (Lipinski definition) is 6. The number of fused-ring (bicyclic) bond motifs is 1. The van der Waals surface area contributed by atoms with Crippen molar-refractivity contribution in [2.24, 2.45) is 0 Å². The molecule has 0 radical (unpaired) electrons. The molecule has 2 atom stereocenters. The molecule has 3 rings (SSSR count). The lowest BCUT2D eigenvalue weighted by atomic mass is 9.86. The van der Waals surface area contributed by atoms with Crippen LogP contribution in [0.5, 0.6) is 17.2 Å². The zero-order valence-electron chi connectivity index (χ0n) is 19.0. The highest BCUT2D eigenvalue weighted by molar-refractivity contribution is 5.98. The highest BCUT2D eigenvalue weighted by atomic mass is 16.5. The molecule has 0 bridgehead atoms. The van der Waals surface area contributed by atoms with Crippen molar-refractivity contribution >= 4 is 17.5 Å². The predicted octanol–water partition coefficient (Wildman–Crippen LogP) is 2.53. The molecule has 2 amide bonds. The summed E-state index contributed by atoms with van der Waals surface area (Å²) in [5.41, 5.74) is 2.40. The Labute approximate surface area is 187 Å². The fourth-order valence-electron chi connectivity index (χ4n) is 3.82. The molecule has 2 aromatic carbocycles. The van der Waals surface area contributed by atoms with Crippen molar-refractivity contribution in [3.05, 3.63) is 46.5 Å². The average Bonchev–Trinajstić information content (AvgIpc) is 2.79. The summed E-state index contributed by atoms with van der Waals surface area (Å²) in [5.74, 6) is 0.443. The standard InChI is InChI=1S/C24H30N2O6/c1-13-14(2)21-18(15(3)20(13)28)10-11-24(4,32-21)23(30)26-19(12-27)22(29)25-16-6-8-17(31-5)9-7-16/h6-9,19,27-28H,10-12H2,1-5H3,(H,25,29)(H,26,30)/t19-,24?/m0/s1. The quantitative estimate of drug-likeness (QED) is 0.546. The van der Waals surface area contributed by atoms with E-state index in [1.54, 1.807) is 45.2 Å². The number of carbonyl (C=O) groups excluding carboxylic acids is 2. The van der Waals surface area contributed by atoms with Gasteiger partial charge in [0.25, 0.3) is 5.91 Å². The van der Waals surface area contributed by atoms with Crippen molar-refractivity contribution in [2.45, 2.75) is 52.2 Å². The van der Waals surface area contributed by atoms with Crippen LogP contribution in [0.2, 0.25) is 0 Å². The summed E-state index contributed by atoms with van der Waals surface area (Å²) in [6.45, 7) is 6.58. The molecule has 0 aromatic heterocycles. The second-order valence-corrected chi connectivity index (χ2v) is 8.29. The number of nitrogens with one attached hydrogen (secondary N) is 2. The van der Waals surface area contributed by atoms with Gasteiger partial charge in [-0.25, -0.2) is 0 Å². The van der Waals surface area contributed by atoms with Gasteiger partial charge < -0.3 is 30.3 Å². The van der Waals surface area contributed by atoms with Crippen LogP contribution in [0, 0.1) is 20.8 Å². The van der Waals surface area contributed by atoms with Gasteiger partial charge in [0.05, 0.1) is 13.7 Å². The van der Waals surface area contributed by atoms with Crippen molar-refractivity contribution in [1.29, 1.82) is 0 Å². The van der Waals surface area contributed by atoms with Crippen LogP contribution < -0.4 is 20.1 Å². The van der Waals surface area contributed by atoms with E-state index in [1.165, 1.54) is 0 Å². The van der Waals surface area contributed by atoms with E-state index in [4.69, 9.17) is 9.47 Å². The van der Waals surface area contributed by atoms with Crippen molar-refractivity contribution in [2.75, 3.05) is 19.0 Å². The van der Waals surface area contributed by atoms with Gasteiger partial charge in [-0.05, 0) is 75.1 Å². The molecule has 1 heterocycles. The Morgan fingerprint density at radius 2 is 1.81 bits per heavy atom. The normalized spacial score (nSPS) is 18.2. The molecule has 1 aliphatic heterocycles. The Morgan fingerprint density at radius 1 is 1.16 bits per heavy atom. The fourth-order valence-corrected chi connectivity index (χ4v) is 3.82. The number of hydrogen-bond donors (Lipinski definition) is 4. The summed E-state index contributed by atoms with van der Waals surface area (Å²) in [5, 5.41) is 25.3. The monoisotopic (exact) mass is 442 g/mol. The van der Waals surface area contributed by atoms with E-state index in [2.05, 4.69) is 10.6 Å². The Bertz CT molecular complexity index is 1030. The average molecular weight is 443 g/mol. The third-order valence-electron chi connectivity index (χ3n) is 6.16. The summed E-state index contributed by atoms with van der Waals surface area (Å²) in [4.78, 5) is 25.7. The maximum absolute atomic E-state index is 13.1. The SMILES string of the molecule is COc1ccc(NC(=O)[C@H](CO)NC(=O)C2(C)CCc3c(C)c(O)c(C)c(C)c3O2)cc1. The molecule has 0 spiro atoms. The zero-order chi connectivity index (χ0) is 23.6. The van der Waals surface area contributed by atoms with E-state index >= 15 is 0 Å². The molecule has 0 saturated heterocycles. The lowest BCUT2D eigenvalue weighted by molar-refractivity contribution is -0.140. The zero-order valence-corrected chi connectivity index (χ0v) is 19.0. The topological polar surface area (TPSA) is 117 Å². The highest BCUT2D eigenvalue weighted by Gasteiger charge is 2.42. The lowest BCUT2D eigenvalue weighted by Crippen LogP contribution is -2.56. The maximum atomic E-state index is 13.1.